The topological polar surface area (TPSA) is 83.6 Å². The number of ether oxygens (including phenoxy) is 2. The van der Waals surface area contributed by atoms with Crippen molar-refractivity contribution in [1.29, 1.82) is 0 Å². The van der Waals surface area contributed by atoms with E-state index in [4.69, 9.17) is 9.47 Å². The number of aromatic nitrogens is 1. The third-order valence-electron chi connectivity index (χ3n) is 4.95. The molecule has 1 aromatic heterocycles. The Morgan fingerprint density at radius 3 is 2.63 bits per heavy atom. The number of fused-ring (bicyclic) bond motifs is 3. The number of phenolic OH excluding ortho intramolecular Hbond substituents is 1. The summed E-state index contributed by atoms with van der Waals surface area (Å²) in [5.74, 6) is 0.495. The van der Waals surface area contributed by atoms with Crippen LogP contribution in [-0.2, 0) is 9.53 Å². The highest BCUT2D eigenvalue weighted by Crippen LogP contribution is 2.28. The Kier molecular flexibility index (Phi) is 5.86. The maximum atomic E-state index is 11.4. The van der Waals surface area contributed by atoms with Crippen molar-refractivity contribution in [3.8, 4) is 11.5 Å². The quantitative estimate of drug-likeness (QED) is 0.301. The number of rotatable bonds is 8. The zero-order valence-electron chi connectivity index (χ0n) is 16.7. The highest BCUT2D eigenvalue weighted by Gasteiger charge is 2.17. The van der Waals surface area contributed by atoms with Gasteiger partial charge in [0.2, 0.25) is 0 Å². The molecule has 0 spiro atoms. The van der Waals surface area contributed by atoms with E-state index in [0.29, 0.717) is 25.3 Å². The van der Waals surface area contributed by atoms with Crippen LogP contribution < -0.4 is 10.1 Å². The van der Waals surface area contributed by atoms with Gasteiger partial charge in [-0.15, -0.1) is 0 Å². The Morgan fingerprint density at radius 1 is 1.03 bits per heavy atom. The van der Waals surface area contributed by atoms with Gasteiger partial charge in [0, 0.05) is 47.9 Å². The lowest BCUT2D eigenvalue weighted by molar-refractivity contribution is -0.146. The lowest BCUT2D eigenvalue weighted by Gasteiger charge is -2.19. The number of carbonyl (C=O) groups excluding carboxylic acids is 1. The Morgan fingerprint density at radius 2 is 1.80 bits per heavy atom. The summed E-state index contributed by atoms with van der Waals surface area (Å²) >= 11 is 0. The van der Waals surface area contributed by atoms with Crippen molar-refractivity contribution >= 4 is 27.8 Å². The molecular weight excluding hydrogens is 380 g/mol. The van der Waals surface area contributed by atoms with Crippen molar-refractivity contribution in [2.75, 3.05) is 19.7 Å². The first kappa shape index (κ1) is 19.8. The molecule has 1 unspecified atom stereocenters. The first-order valence-corrected chi connectivity index (χ1v) is 9.91. The molecule has 1 heterocycles. The van der Waals surface area contributed by atoms with E-state index in [-0.39, 0.29) is 5.75 Å². The van der Waals surface area contributed by atoms with Crippen LogP contribution in [0.25, 0.3) is 21.8 Å². The van der Waals surface area contributed by atoms with Crippen LogP contribution in [0, 0.1) is 0 Å². The van der Waals surface area contributed by atoms with Crippen LogP contribution in [0.3, 0.4) is 0 Å². The van der Waals surface area contributed by atoms with E-state index in [2.05, 4.69) is 28.5 Å². The molecule has 0 amide bonds. The molecule has 0 bridgehead atoms. The molecule has 6 nitrogen and oxygen atoms in total. The van der Waals surface area contributed by atoms with Crippen LogP contribution in [0.1, 0.15) is 18.6 Å². The van der Waals surface area contributed by atoms with Gasteiger partial charge >= 0.3 is 5.97 Å². The second-order valence-electron chi connectivity index (χ2n) is 7.09. The lowest BCUT2D eigenvalue weighted by Crippen LogP contribution is -2.28. The average molecular weight is 404 g/mol. The summed E-state index contributed by atoms with van der Waals surface area (Å²) in [5.41, 5.74) is 2.72. The first-order chi connectivity index (χ1) is 14.6. The van der Waals surface area contributed by atoms with Crippen molar-refractivity contribution in [2.24, 2.45) is 0 Å². The van der Waals surface area contributed by atoms with Crippen molar-refractivity contribution in [1.82, 2.24) is 10.3 Å². The molecule has 4 aromatic rings. The van der Waals surface area contributed by atoms with Gasteiger partial charge < -0.3 is 24.9 Å². The van der Waals surface area contributed by atoms with Crippen LogP contribution in [0.15, 0.2) is 66.7 Å². The minimum absolute atomic E-state index is 0.105. The molecular formula is C24H24N2O4. The van der Waals surface area contributed by atoms with Gasteiger partial charge in [-0.2, -0.15) is 0 Å². The number of nitrogens with one attached hydrogen (secondary N) is 2. The third kappa shape index (κ3) is 4.39. The fourth-order valence-electron chi connectivity index (χ4n) is 3.57. The Hall–Kier alpha value is -3.51. The summed E-state index contributed by atoms with van der Waals surface area (Å²) < 4.78 is 11.2. The molecule has 3 N–H and O–H groups in total. The fourth-order valence-corrected chi connectivity index (χ4v) is 3.57. The van der Waals surface area contributed by atoms with Crippen molar-refractivity contribution in [3.05, 3.63) is 72.3 Å². The number of carbonyl (C=O) groups is 1. The van der Waals surface area contributed by atoms with Crippen LogP contribution >= 0.6 is 0 Å². The maximum absolute atomic E-state index is 11.4. The summed E-state index contributed by atoms with van der Waals surface area (Å²) in [6, 6.07) is 21.1. The Balaban J connectivity index is 1.33. The minimum atomic E-state index is -0.564. The zero-order chi connectivity index (χ0) is 20.9. The molecule has 0 saturated heterocycles. The number of para-hydroxylation sites is 2. The van der Waals surface area contributed by atoms with E-state index in [1.807, 2.05) is 24.3 Å². The van der Waals surface area contributed by atoms with Crippen LogP contribution in [0.5, 0.6) is 11.5 Å². The van der Waals surface area contributed by atoms with E-state index >= 15 is 0 Å². The number of phenols is 1. The predicted molar refractivity (Wildman–Crippen MR) is 117 cm³/mol. The lowest BCUT2D eigenvalue weighted by atomic mass is 10.1. The zero-order valence-corrected chi connectivity index (χ0v) is 16.7. The predicted octanol–water partition coefficient (Wildman–Crippen LogP) is 4.30. The second kappa shape index (κ2) is 8.88. The summed E-state index contributed by atoms with van der Waals surface area (Å²) in [6.07, 6.45) is -0.564. The van der Waals surface area contributed by atoms with E-state index in [1.54, 1.807) is 24.3 Å². The van der Waals surface area contributed by atoms with E-state index in [0.717, 1.165) is 16.8 Å². The number of benzene rings is 3. The van der Waals surface area contributed by atoms with Crippen molar-refractivity contribution < 1.29 is 19.4 Å². The number of H-pyrrole nitrogens is 1. The van der Waals surface area contributed by atoms with Gasteiger partial charge in [-0.05, 0) is 24.3 Å². The van der Waals surface area contributed by atoms with Gasteiger partial charge in [0.25, 0.3) is 0 Å². The number of esters is 1. The van der Waals surface area contributed by atoms with Gasteiger partial charge in [-0.3, -0.25) is 4.79 Å². The summed E-state index contributed by atoms with van der Waals surface area (Å²) in [5, 5.41) is 15.6. The molecule has 3 aromatic carbocycles. The summed E-state index contributed by atoms with van der Waals surface area (Å²) in [7, 11) is 0. The largest absolute Gasteiger partial charge is 0.508 e. The summed E-state index contributed by atoms with van der Waals surface area (Å²) in [6.45, 7) is 2.76. The number of aromatic amines is 1. The monoisotopic (exact) mass is 404 g/mol. The van der Waals surface area contributed by atoms with E-state index in [9.17, 15) is 9.90 Å². The molecule has 6 heteroatoms. The molecule has 0 saturated carbocycles. The normalized spacial score (nSPS) is 12.2. The average Bonchev–Trinajstić information content (AvgIpc) is 3.10. The van der Waals surface area contributed by atoms with Gasteiger partial charge in [0.05, 0.1) is 5.52 Å². The molecule has 0 fully saturated rings. The fraction of sp³-hybridized carbons (Fsp3) is 0.208. The van der Waals surface area contributed by atoms with Crippen molar-refractivity contribution in [3.63, 3.8) is 0 Å². The molecule has 0 radical (unpaired) electrons. The standard InChI is InChI=1S/C24H24N2O4/c1-16(27)30-24(20-7-3-5-9-23(20)28)15-25-12-13-29-17-10-11-19-18-6-2-4-8-21(18)26-22(19)14-17/h2-11,14,24-26,28H,12-13,15H2,1H3. The first-order valence-electron chi connectivity index (χ1n) is 9.91. The van der Waals surface area contributed by atoms with Gasteiger partial charge in [0.1, 0.15) is 24.2 Å². The molecule has 4 rings (SSSR count). The minimum Gasteiger partial charge on any atom is -0.508 e. The van der Waals surface area contributed by atoms with Crippen LogP contribution in [0.2, 0.25) is 0 Å². The van der Waals surface area contributed by atoms with Crippen LogP contribution in [-0.4, -0.2) is 35.8 Å². The maximum Gasteiger partial charge on any atom is 0.303 e. The van der Waals surface area contributed by atoms with Crippen LogP contribution in [0.4, 0.5) is 0 Å². The second-order valence-corrected chi connectivity index (χ2v) is 7.09. The van der Waals surface area contributed by atoms with Gasteiger partial charge in [0.15, 0.2) is 0 Å². The number of hydrogen-bond acceptors (Lipinski definition) is 5. The van der Waals surface area contributed by atoms with E-state index < -0.39 is 12.1 Å². The molecule has 0 aliphatic carbocycles. The Labute approximate surface area is 174 Å². The molecule has 154 valence electrons. The molecule has 0 aliphatic rings. The molecule has 1 atom stereocenters. The van der Waals surface area contributed by atoms with E-state index in [1.165, 1.54) is 17.7 Å². The number of aromatic hydroxyl groups is 1. The highest BCUT2D eigenvalue weighted by atomic mass is 16.5. The summed E-state index contributed by atoms with van der Waals surface area (Å²) in [4.78, 5) is 14.8. The number of hydrogen-bond donors (Lipinski definition) is 3. The van der Waals surface area contributed by atoms with Crippen molar-refractivity contribution in [2.45, 2.75) is 13.0 Å². The van der Waals surface area contributed by atoms with Gasteiger partial charge in [-0.25, -0.2) is 0 Å². The highest BCUT2D eigenvalue weighted by molar-refractivity contribution is 6.07. The molecule has 30 heavy (non-hydrogen) atoms. The SMILES string of the molecule is CC(=O)OC(CNCCOc1ccc2c(c1)[nH]c1ccccc12)c1ccccc1O. The third-order valence-corrected chi connectivity index (χ3v) is 4.95. The Bertz CT molecular complexity index is 1170. The smallest absolute Gasteiger partial charge is 0.303 e. The van der Waals surface area contributed by atoms with Gasteiger partial charge in [-0.1, -0.05) is 36.4 Å². The molecule has 0 aliphatic heterocycles.